The maximum absolute atomic E-state index is 13.2. The van der Waals surface area contributed by atoms with Crippen molar-refractivity contribution in [2.75, 3.05) is 20.3 Å². The lowest BCUT2D eigenvalue weighted by Crippen LogP contribution is -2.51. The molecule has 1 aliphatic heterocycles. The standard InChI is InChI=1S/C21H28O7/c1-11(2)21(15-10-14-18(21)13(4)28-19(14)12(15)3)20(24)27-9-8-26-17(23)7-6-16(22)25-5/h6-7,11-12,14-15,18-19H,4,8-10H2,1-3,5H3/b7-6+. The minimum absolute atomic E-state index is 0.0169. The molecule has 28 heavy (non-hydrogen) atoms. The number of carbonyl (C=O) groups excluding carboxylic acids is 3. The van der Waals surface area contributed by atoms with E-state index in [0.29, 0.717) is 11.7 Å². The normalized spacial score (nSPS) is 35.3. The monoisotopic (exact) mass is 392 g/mol. The van der Waals surface area contributed by atoms with Gasteiger partial charge in [-0.3, -0.25) is 4.79 Å². The Morgan fingerprint density at radius 3 is 2.50 bits per heavy atom. The van der Waals surface area contributed by atoms with E-state index in [4.69, 9.17) is 14.2 Å². The van der Waals surface area contributed by atoms with Crippen LogP contribution in [0.5, 0.6) is 0 Å². The third-order valence-corrected chi connectivity index (χ3v) is 6.72. The van der Waals surface area contributed by atoms with Gasteiger partial charge in [0.2, 0.25) is 0 Å². The number of rotatable bonds is 7. The minimum atomic E-state index is -0.700. The lowest BCUT2D eigenvalue weighted by Gasteiger charge is -2.44. The Morgan fingerprint density at radius 2 is 1.86 bits per heavy atom. The van der Waals surface area contributed by atoms with Gasteiger partial charge < -0.3 is 18.9 Å². The van der Waals surface area contributed by atoms with E-state index >= 15 is 0 Å². The topological polar surface area (TPSA) is 88.1 Å². The molecule has 0 aromatic heterocycles. The molecule has 3 fully saturated rings. The molecule has 0 N–H and O–H groups in total. The first-order valence-corrected chi connectivity index (χ1v) is 9.70. The molecule has 0 amide bonds. The van der Waals surface area contributed by atoms with E-state index in [0.717, 1.165) is 18.6 Å². The number of esters is 3. The Kier molecular flexibility index (Phi) is 5.55. The summed E-state index contributed by atoms with van der Waals surface area (Å²) in [4.78, 5) is 35.7. The van der Waals surface area contributed by atoms with Gasteiger partial charge in [0.25, 0.3) is 0 Å². The van der Waals surface area contributed by atoms with E-state index < -0.39 is 17.4 Å². The van der Waals surface area contributed by atoms with Gasteiger partial charge in [-0.15, -0.1) is 0 Å². The average Bonchev–Trinajstić information content (AvgIpc) is 3.26. The summed E-state index contributed by atoms with van der Waals surface area (Å²) in [6.45, 7) is 10.2. The Bertz CT molecular complexity index is 710. The van der Waals surface area contributed by atoms with Crippen LogP contribution >= 0.6 is 0 Å². The van der Waals surface area contributed by atoms with E-state index in [2.05, 4.69) is 18.2 Å². The number of carbonyl (C=O) groups is 3. The fourth-order valence-corrected chi connectivity index (χ4v) is 5.70. The Labute approximate surface area is 165 Å². The molecule has 6 unspecified atom stereocenters. The highest BCUT2D eigenvalue weighted by Crippen LogP contribution is 2.70. The zero-order valence-electron chi connectivity index (χ0n) is 16.8. The predicted molar refractivity (Wildman–Crippen MR) is 98.6 cm³/mol. The Balaban J connectivity index is 1.61. The number of ether oxygens (including phenoxy) is 4. The van der Waals surface area contributed by atoms with Gasteiger partial charge in [-0.1, -0.05) is 27.4 Å². The second-order valence-corrected chi connectivity index (χ2v) is 8.14. The third-order valence-electron chi connectivity index (χ3n) is 6.72. The van der Waals surface area contributed by atoms with Crippen LogP contribution in [0.15, 0.2) is 24.5 Å². The number of allylic oxidation sites excluding steroid dienone is 1. The summed E-state index contributed by atoms with van der Waals surface area (Å²) in [6.07, 6.45) is 3.06. The average molecular weight is 392 g/mol. The van der Waals surface area contributed by atoms with Crippen LogP contribution < -0.4 is 0 Å². The van der Waals surface area contributed by atoms with Gasteiger partial charge in [-0.2, -0.15) is 0 Å². The van der Waals surface area contributed by atoms with Crippen LogP contribution in [0.4, 0.5) is 0 Å². The maximum Gasteiger partial charge on any atom is 0.331 e. The van der Waals surface area contributed by atoms with Gasteiger partial charge in [0, 0.05) is 24.0 Å². The van der Waals surface area contributed by atoms with E-state index in [9.17, 15) is 14.4 Å². The first-order valence-electron chi connectivity index (χ1n) is 9.70. The molecule has 0 radical (unpaired) electrons. The molecule has 0 aromatic carbocycles. The van der Waals surface area contributed by atoms with Crippen molar-refractivity contribution in [2.45, 2.75) is 33.3 Å². The summed E-state index contributed by atoms with van der Waals surface area (Å²) in [5.74, 6) is -0.0571. The van der Waals surface area contributed by atoms with Crippen LogP contribution in [0, 0.1) is 35.0 Å². The Hall–Kier alpha value is -2.31. The molecular weight excluding hydrogens is 364 g/mol. The van der Waals surface area contributed by atoms with Crippen molar-refractivity contribution in [3.05, 3.63) is 24.5 Å². The number of hydrogen-bond donors (Lipinski definition) is 0. The maximum atomic E-state index is 13.2. The van der Waals surface area contributed by atoms with Gasteiger partial charge in [0.1, 0.15) is 19.3 Å². The summed E-state index contributed by atoms with van der Waals surface area (Å²) < 4.78 is 20.9. The second kappa shape index (κ2) is 7.60. The van der Waals surface area contributed by atoms with Crippen LogP contribution in [0.1, 0.15) is 27.2 Å². The minimum Gasteiger partial charge on any atom is -0.494 e. The van der Waals surface area contributed by atoms with E-state index in [1.54, 1.807) is 0 Å². The first-order chi connectivity index (χ1) is 13.2. The van der Waals surface area contributed by atoms with E-state index in [-0.39, 0.29) is 49.0 Å². The fraction of sp³-hybridized carbons (Fsp3) is 0.667. The van der Waals surface area contributed by atoms with Crippen molar-refractivity contribution < 1.29 is 33.3 Å². The summed E-state index contributed by atoms with van der Waals surface area (Å²) >= 11 is 0. The van der Waals surface area contributed by atoms with Crippen molar-refractivity contribution in [1.29, 1.82) is 0 Å². The number of fused-ring (bicyclic) bond motifs is 1. The lowest BCUT2D eigenvalue weighted by atomic mass is 9.57. The largest absolute Gasteiger partial charge is 0.494 e. The van der Waals surface area contributed by atoms with Gasteiger partial charge in [0.15, 0.2) is 0 Å². The summed E-state index contributed by atoms with van der Waals surface area (Å²) in [6, 6.07) is 0. The smallest absolute Gasteiger partial charge is 0.331 e. The highest BCUT2D eigenvalue weighted by Gasteiger charge is 2.74. The van der Waals surface area contributed by atoms with Crippen LogP contribution in [-0.4, -0.2) is 44.3 Å². The first kappa shape index (κ1) is 20.4. The van der Waals surface area contributed by atoms with Crippen molar-refractivity contribution in [1.82, 2.24) is 0 Å². The molecule has 2 aliphatic carbocycles. The fourth-order valence-electron chi connectivity index (χ4n) is 5.70. The van der Waals surface area contributed by atoms with Gasteiger partial charge in [0.05, 0.1) is 18.3 Å². The SMILES string of the molecule is C=C1OC2C(C)C3CC2C1C3(C(=O)OCCOC(=O)/C=C/C(=O)OC)C(C)C. The Morgan fingerprint density at radius 1 is 1.21 bits per heavy atom. The molecule has 154 valence electrons. The van der Waals surface area contributed by atoms with Crippen LogP contribution in [-0.2, 0) is 33.3 Å². The van der Waals surface area contributed by atoms with E-state index in [1.165, 1.54) is 7.11 Å². The molecule has 3 rings (SSSR count). The molecule has 6 atom stereocenters. The predicted octanol–water partition coefficient (Wildman–Crippen LogP) is 2.26. The molecule has 0 spiro atoms. The zero-order valence-corrected chi connectivity index (χ0v) is 16.8. The van der Waals surface area contributed by atoms with Gasteiger partial charge in [-0.05, 0) is 24.2 Å². The second-order valence-electron chi connectivity index (χ2n) is 8.14. The summed E-state index contributed by atoms with van der Waals surface area (Å²) in [7, 11) is 1.21. The molecule has 0 aromatic rings. The molecule has 2 bridgehead atoms. The molecule has 1 heterocycles. The third kappa shape index (κ3) is 3.01. The van der Waals surface area contributed by atoms with Crippen LogP contribution in [0.25, 0.3) is 0 Å². The summed E-state index contributed by atoms with van der Waals surface area (Å²) in [5.41, 5.74) is -0.650. The molecule has 2 saturated carbocycles. The van der Waals surface area contributed by atoms with Crippen LogP contribution in [0.2, 0.25) is 0 Å². The quantitative estimate of drug-likeness (QED) is 0.284. The van der Waals surface area contributed by atoms with Crippen molar-refractivity contribution in [3.8, 4) is 0 Å². The molecule has 7 heteroatoms. The molecule has 1 saturated heterocycles. The van der Waals surface area contributed by atoms with Crippen molar-refractivity contribution in [2.24, 2.45) is 35.0 Å². The van der Waals surface area contributed by atoms with Gasteiger partial charge >= 0.3 is 17.9 Å². The molecular formula is C21H28O7. The molecule has 7 nitrogen and oxygen atoms in total. The number of methoxy groups -OCH3 is 1. The zero-order chi connectivity index (χ0) is 20.6. The van der Waals surface area contributed by atoms with Crippen LogP contribution in [0.3, 0.4) is 0 Å². The van der Waals surface area contributed by atoms with Crippen molar-refractivity contribution >= 4 is 17.9 Å². The molecule has 3 aliphatic rings. The lowest BCUT2D eigenvalue weighted by molar-refractivity contribution is -0.171. The van der Waals surface area contributed by atoms with Crippen molar-refractivity contribution in [3.63, 3.8) is 0 Å². The highest BCUT2D eigenvalue weighted by molar-refractivity contribution is 5.91. The van der Waals surface area contributed by atoms with Gasteiger partial charge in [-0.25, -0.2) is 9.59 Å². The summed E-state index contributed by atoms with van der Waals surface area (Å²) in [5, 5.41) is 0. The number of hydrogen-bond acceptors (Lipinski definition) is 7. The van der Waals surface area contributed by atoms with E-state index in [1.807, 2.05) is 13.8 Å². The highest BCUT2D eigenvalue weighted by atomic mass is 16.6.